The van der Waals surface area contributed by atoms with Crippen molar-refractivity contribution in [2.45, 2.75) is 88.3 Å². The molecule has 0 radical (unpaired) electrons. The van der Waals surface area contributed by atoms with Crippen LogP contribution in [-0.2, 0) is 0 Å². The number of piperidine rings is 1. The van der Waals surface area contributed by atoms with Gasteiger partial charge in [0.25, 0.3) is 0 Å². The van der Waals surface area contributed by atoms with E-state index in [9.17, 15) is 4.79 Å². The van der Waals surface area contributed by atoms with Gasteiger partial charge in [0.15, 0.2) is 0 Å². The van der Waals surface area contributed by atoms with Crippen molar-refractivity contribution >= 4 is 5.91 Å². The standard InChI is InChI=1S/C23H35N3O/c24-22(16-5-2-1-3-6-16)11-12-26-20-9-10-21(26)15-19(14-20)17-7-4-8-18(13-17)23(25)27/h4,7-8,13,16,19-22H,1-3,5-6,9-12,14-15,24H2,(H2,25,27)/t19-,20+,21-,22?. The molecule has 1 aromatic rings. The molecule has 2 heterocycles. The van der Waals surface area contributed by atoms with Gasteiger partial charge in [-0.2, -0.15) is 0 Å². The van der Waals surface area contributed by atoms with Crippen molar-refractivity contribution in [3.63, 3.8) is 0 Å². The highest BCUT2D eigenvalue weighted by Gasteiger charge is 2.41. The van der Waals surface area contributed by atoms with Crippen LogP contribution in [-0.4, -0.2) is 35.5 Å². The van der Waals surface area contributed by atoms with Gasteiger partial charge < -0.3 is 11.5 Å². The molecule has 0 aromatic heterocycles. The molecule has 1 saturated carbocycles. The smallest absolute Gasteiger partial charge is 0.248 e. The third-order valence-electron chi connectivity index (χ3n) is 7.50. The van der Waals surface area contributed by atoms with Crippen LogP contribution in [0, 0.1) is 5.92 Å². The van der Waals surface area contributed by atoms with E-state index in [0.717, 1.165) is 12.3 Å². The Labute approximate surface area is 163 Å². The van der Waals surface area contributed by atoms with Gasteiger partial charge >= 0.3 is 0 Å². The number of benzene rings is 1. The second-order valence-electron chi connectivity index (χ2n) is 9.13. The van der Waals surface area contributed by atoms with E-state index in [0.29, 0.717) is 29.6 Å². The number of hydrogen-bond acceptors (Lipinski definition) is 3. The molecule has 4 nitrogen and oxygen atoms in total. The highest BCUT2D eigenvalue weighted by molar-refractivity contribution is 5.92. The van der Waals surface area contributed by atoms with E-state index in [4.69, 9.17) is 11.5 Å². The first-order chi connectivity index (χ1) is 13.1. The fraction of sp³-hybridized carbons (Fsp3) is 0.696. The molecule has 1 amide bonds. The molecule has 4 rings (SSSR count). The summed E-state index contributed by atoms with van der Waals surface area (Å²) in [5, 5.41) is 0. The van der Waals surface area contributed by atoms with E-state index >= 15 is 0 Å². The summed E-state index contributed by atoms with van der Waals surface area (Å²) < 4.78 is 0. The molecule has 3 aliphatic rings. The topological polar surface area (TPSA) is 72.4 Å². The van der Waals surface area contributed by atoms with E-state index in [2.05, 4.69) is 11.0 Å². The summed E-state index contributed by atoms with van der Waals surface area (Å²) in [6.45, 7) is 1.17. The number of carbonyl (C=O) groups excluding carboxylic acids is 1. The fourth-order valence-corrected chi connectivity index (χ4v) is 5.95. The lowest BCUT2D eigenvalue weighted by atomic mass is 9.82. The van der Waals surface area contributed by atoms with Crippen molar-refractivity contribution in [2.24, 2.45) is 17.4 Å². The molecule has 148 valence electrons. The summed E-state index contributed by atoms with van der Waals surface area (Å²) in [5.41, 5.74) is 14.0. The van der Waals surface area contributed by atoms with E-state index < -0.39 is 0 Å². The summed E-state index contributed by atoms with van der Waals surface area (Å²) in [6.07, 6.45) is 13.0. The minimum Gasteiger partial charge on any atom is -0.366 e. The van der Waals surface area contributed by atoms with Gasteiger partial charge in [0.1, 0.15) is 0 Å². The Kier molecular flexibility index (Phi) is 5.84. The molecule has 1 aromatic carbocycles. The Hall–Kier alpha value is -1.39. The fourth-order valence-electron chi connectivity index (χ4n) is 5.95. The summed E-state index contributed by atoms with van der Waals surface area (Å²) in [6, 6.07) is 9.74. The van der Waals surface area contributed by atoms with Gasteiger partial charge in [0.05, 0.1) is 0 Å². The van der Waals surface area contributed by atoms with Crippen molar-refractivity contribution in [1.82, 2.24) is 4.90 Å². The van der Waals surface area contributed by atoms with Crippen LogP contribution in [0.15, 0.2) is 24.3 Å². The van der Waals surface area contributed by atoms with Crippen LogP contribution in [0.4, 0.5) is 0 Å². The zero-order valence-electron chi connectivity index (χ0n) is 16.5. The minimum absolute atomic E-state index is 0.325. The highest BCUT2D eigenvalue weighted by Crippen LogP contribution is 2.43. The lowest BCUT2D eigenvalue weighted by molar-refractivity contribution is 0.1000. The minimum atomic E-state index is -0.325. The quantitative estimate of drug-likeness (QED) is 0.801. The third kappa shape index (κ3) is 4.22. The molecule has 2 aliphatic heterocycles. The largest absolute Gasteiger partial charge is 0.366 e. The average molecular weight is 370 g/mol. The SMILES string of the molecule is NC(=O)c1cccc([C@H]2C[C@H]3CC[C@@H](C2)N3CCC(N)C2CCCCC2)c1. The van der Waals surface area contributed by atoms with Gasteiger partial charge in [-0.1, -0.05) is 31.4 Å². The van der Waals surface area contributed by atoms with Crippen LogP contribution in [0.3, 0.4) is 0 Å². The molecule has 0 spiro atoms. The molecule has 4 N–H and O–H groups in total. The van der Waals surface area contributed by atoms with Gasteiger partial charge in [-0.05, 0) is 74.5 Å². The third-order valence-corrected chi connectivity index (χ3v) is 7.50. The number of rotatable bonds is 6. The van der Waals surface area contributed by atoms with Crippen LogP contribution in [0.1, 0.15) is 86.0 Å². The van der Waals surface area contributed by atoms with Crippen molar-refractivity contribution in [3.05, 3.63) is 35.4 Å². The van der Waals surface area contributed by atoms with Crippen LogP contribution >= 0.6 is 0 Å². The lowest BCUT2D eigenvalue weighted by Crippen LogP contribution is -2.45. The maximum Gasteiger partial charge on any atom is 0.248 e. The predicted octanol–water partition coefficient (Wildman–Crippen LogP) is 3.79. The number of fused-ring (bicyclic) bond motifs is 2. The second kappa shape index (κ2) is 8.32. The summed E-state index contributed by atoms with van der Waals surface area (Å²) in [7, 11) is 0. The first-order valence-corrected chi connectivity index (χ1v) is 11.0. The number of carbonyl (C=O) groups is 1. The normalized spacial score (nSPS) is 30.3. The Balaban J connectivity index is 1.35. The summed E-state index contributed by atoms with van der Waals surface area (Å²) >= 11 is 0. The summed E-state index contributed by atoms with van der Waals surface area (Å²) in [5.74, 6) is 0.990. The number of hydrogen-bond donors (Lipinski definition) is 2. The molecule has 3 fully saturated rings. The zero-order chi connectivity index (χ0) is 18.8. The first-order valence-electron chi connectivity index (χ1n) is 11.0. The molecule has 2 saturated heterocycles. The molecule has 4 heteroatoms. The van der Waals surface area contributed by atoms with Crippen LogP contribution < -0.4 is 11.5 Å². The molecule has 1 aliphatic carbocycles. The van der Waals surface area contributed by atoms with Crippen molar-refractivity contribution in [1.29, 1.82) is 0 Å². The van der Waals surface area contributed by atoms with Gasteiger partial charge in [-0.25, -0.2) is 0 Å². The number of nitrogens with two attached hydrogens (primary N) is 2. The predicted molar refractivity (Wildman–Crippen MR) is 110 cm³/mol. The number of amides is 1. The van der Waals surface area contributed by atoms with E-state index in [-0.39, 0.29) is 5.91 Å². The van der Waals surface area contributed by atoms with E-state index in [1.807, 2.05) is 18.2 Å². The molecule has 1 unspecified atom stereocenters. The zero-order valence-corrected chi connectivity index (χ0v) is 16.5. The van der Waals surface area contributed by atoms with Crippen molar-refractivity contribution < 1.29 is 4.79 Å². The van der Waals surface area contributed by atoms with Crippen molar-refractivity contribution in [3.8, 4) is 0 Å². The van der Waals surface area contributed by atoms with Gasteiger partial charge in [-0.15, -0.1) is 0 Å². The highest BCUT2D eigenvalue weighted by atomic mass is 16.1. The van der Waals surface area contributed by atoms with Crippen LogP contribution in [0.2, 0.25) is 0 Å². The van der Waals surface area contributed by atoms with Crippen LogP contribution in [0.5, 0.6) is 0 Å². The first kappa shape index (κ1) is 18.9. The number of primary amides is 1. The number of nitrogens with zero attached hydrogens (tertiary/aromatic N) is 1. The Bertz CT molecular complexity index is 641. The second-order valence-corrected chi connectivity index (χ2v) is 9.13. The Morgan fingerprint density at radius 2 is 1.78 bits per heavy atom. The monoisotopic (exact) mass is 369 g/mol. The maximum absolute atomic E-state index is 11.5. The Morgan fingerprint density at radius 1 is 1.07 bits per heavy atom. The molecule has 2 bridgehead atoms. The average Bonchev–Trinajstić information content (AvgIpc) is 2.93. The van der Waals surface area contributed by atoms with Gasteiger partial charge in [0, 0.05) is 30.2 Å². The summed E-state index contributed by atoms with van der Waals surface area (Å²) in [4.78, 5) is 14.3. The van der Waals surface area contributed by atoms with E-state index in [1.165, 1.54) is 69.9 Å². The van der Waals surface area contributed by atoms with Crippen LogP contribution in [0.25, 0.3) is 0 Å². The van der Waals surface area contributed by atoms with E-state index in [1.54, 1.807) is 0 Å². The van der Waals surface area contributed by atoms with Gasteiger partial charge in [-0.3, -0.25) is 9.69 Å². The lowest BCUT2D eigenvalue weighted by Gasteiger charge is -2.40. The molecule has 4 atom stereocenters. The molecule has 27 heavy (non-hydrogen) atoms. The van der Waals surface area contributed by atoms with Crippen molar-refractivity contribution in [2.75, 3.05) is 6.54 Å². The molecular weight excluding hydrogens is 334 g/mol. The molecular formula is C23H35N3O. The Morgan fingerprint density at radius 3 is 2.44 bits per heavy atom. The van der Waals surface area contributed by atoms with Gasteiger partial charge in [0.2, 0.25) is 5.91 Å². The maximum atomic E-state index is 11.5.